The first kappa shape index (κ1) is 14.7. The van der Waals surface area contributed by atoms with Crippen molar-refractivity contribution in [3.63, 3.8) is 0 Å². The second kappa shape index (κ2) is 5.55. The lowest BCUT2D eigenvalue weighted by atomic mass is 10.2. The van der Waals surface area contributed by atoms with Crippen molar-refractivity contribution in [3.8, 4) is 0 Å². The fourth-order valence-corrected chi connectivity index (χ4v) is 2.29. The maximum Gasteiger partial charge on any atom is 0.242 e. The van der Waals surface area contributed by atoms with E-state index in [9.17, 15) is 8.42 Å². The Bertz CT molecular complexity index is 514. The molecule has 7 heteroatoms. The molecule has 1 aromatic rings. The minimum absolute atomic E-state index is 0.0306. The van der Waals surface area contributed by atoms with E-state index in [1.807, 2.05) is 0 Å². The summed E-state index contributed by atoms with van der Waals surface area (Å²) in [5, 5.41) is 11.9. The molecule has 0 amide bonds. The molecule has 0 spiro atoms. The van der Waals surface area contributed by atoms with Gasteiger partial charge >= 0.3 is 0 Å². The fourth-order valence-electron chi connectivity index (χ4n) is 1.35. The van der Waals surface area contributed by atoms with Crippen molar-refractivity contribution in [1.29, 1.82) is 0 Å². The van der Waals surface area contributed by atoms with Gasteiger partial charge in [0.25, 0.3) is 0 Å². The Balaban J connectivity index is 3.07. The first-order chi connectivity index (χ1) is 8.28. The Hall–Kier alpha value is -1.31. The smallest absolute Gasteiger partial charge is 0.242 e. The third-order valence-electron chi connectivity index (χ3n) is 2.48. The number of benzene rings is 1. The third-order valence-corrected chi connectivity index (χ3v) is 4.29. The number of nitrogens with one attached hydrogen (secondary N) is 1. The predicted molar refractivity (Wildman–Crippen MR) is 71.9 cm³/mol. The van der Waals surface area contributed by atoms with Crippen LogP contribution in [0.15, 0.2) is 23.1 Å². The van der Waals surface area contributed by atoms with E-state index in [4.69, 9.17) is 10.8 Å². The molecule has 0 bridgehead atoms. The van der Waals surface area contributed by atoms with E-state index < -0.39 is 10.0 Å². The number of hydrogen-bond acceptors (Lipinski definition) is 5. The number of nitrogens with zero attached hydrogens (tertiary/aromatic N) is 1. The molecule has 1 aromatic carbocycles. The second-order valence-corrected chi connectivity index (χ2v) is 6.42. The normalized spacial score (nSPS) is 13.6. The van der Waals surface area contributed by atoms with Gasteiger partial charge in [-0.15, -0.1) is 0 Å². The fraction of sp³-hybridized carbons (Fsp3) is 0.455. The van der Waals surface area contributed by atoms with Crippen molar-refractivity contribution >= 4 is 21.4 Å². The highest BCUT2D eigenvalue weighted by molar-refractivity contribution is 7.89. The first-order valence-corrected chi connectivity index (χ1v) is 6.92. The second-order valence-electron chi connectivity index (χ2n) is 4.26. The van der Waals surface area contributed by atoms with Crippen molar-refractivity contribution in [2.24, 2.45) is 0 Å². The van der Waals surface area contributed by atoms with Crippen molar-refractivity contribution in [2.45, 2.75) is 17.9 Å². The SMILES string of the molecule is CC(CO)Nc1ccc(S(=O)(=O)N(C)C)cc1N. The summed E-state index contributed by atoms with van der Waals surface area (Å²) in [6.45, 7) is 1.76. The number of rotatable bonds is 5. The zero-order valence-corrected chi connectivity index (χ0v) is 11.5. The van der Waals surface area contributed by atoms with Crippen molar-refractivity contribution in [3.05, 3.63) is 18.2 Å². The molecule has 0 aromatic heterocycles. The average molecular weight is 273 g/mol. The van der Waals surface area contributed by atoms with Crippen LogP contribution in [0.25, 0.3) is 0 Å². The number of aliphatic hydroxyl groups is 1. The van der Waals surface area contributed by atoms with Crippen LogP contribution in [-0.2, 0) is 10.0 Å². The summed E-state index contributed by atoms with van der Waals surface area (Å²) in [5.74, 6) is 0. The van der Waals surface area contributed by atoms with Crippen LogP contribution < -0.4 is 11.1 Å². The molecule has 0 aliphatic heterocycles. The standard InChI is InChI=1S/C11H19N3O3S/c1-8(7-15)13-11-5-4-9(6-10(11)12)18(16,17)14(2)3/h4-6,8,13,15H,7,12H2,1-3H3. The van der Waals surface area contributed by atoms with Crippen LogP contribution in [0.1, 0.15) is 6.92 Å². The predicted octanol–water partition coefficient (Wildman–Crippen LogP) is 0.312. The molecule has 102 valence electrons. The molecule has 4 N–H and O–H groups in total. The van der Waals surface area contributed by atoms with Crippen LogP contribution in [0.3, 0.4) is 0 Å². The Morgan fingerprint density at radius 2 is 2.06 bits per heavy atom. The number of nitrogen functional groups attached to an aromatic ring is 1. The molecule has 0 aliphatic rings. The molecule has 18 heavy (non-hydrogen) atoms. The number of hydrogen-bond donors (Lipinski definition) is 3. The summed E-state index contributed by atoms with van der Waals surface area (Å²) in [7, 11) is -0.546. The van der Waals surface area contributed by atoms with Crippen LogP contribution in [-0.4, -0.2) is 44.6 Å². The van der Waals surface area contributed by atoms with Crippen molar-refractivity contribution in [2.75, 3.05) is 31.8 Å². The van der Waals surface area contributed by atoms with Gasteiger partial charge < -0.3 is 16.2 Å². The highest BCUT2D eigenvalue weighted by Crippen LogP contribution is 2.24. The molecule has 0 fully saturated rings. The van der Waals surface area contributed by atoms with Gasteiger partial charge in [0.05, 0.1) is 22.9 Å². The summed E-state index contributed by atoms with van der Waals surface area (Å²) < 4.78 is 24.9. The Morgan fingerprint density at radius 1 is 1.44 bits per heavy atom. The summed E-state index contributed by atoms with van der Waals surface area (Å²) in [6.07, 6.45) is 0. The number of sulfonamides is 1. The molecule has 6 nitrogen and oxygen atoms in total. The van der Waals surface area contributed by atoms with Gasteiger partial charge in [0.15, 0.2) is 0 Å². The van der Waals surface area contributed by atoms with Gasteiger partial charge in [-0.2, -0.15) is 0 Å². The number of aliphatic hydroxyl groups excluding tert-OH is 1. The van der Waals surface area contributed by atoms with Gasteiger partial charge in [-0.1, -0.05) is 0 Å². The topological polar surface area (TPSA) is 95.7 Å². The molecule has 0 heterocycles. The molecule has 0 aliphatic carbocycles. The van der Waals surface area contributed by atoms with E-state index in [1.54, 1.807) is 13.0 Å². The van der Waals surface area contributed by atoms with Crippen LogP contribution in [0.2, 0.25) is 0 Å². The first-order valence-electron chi connectivity index (χ1n) is 5.48. The minimum atomic E-state index is -3.47. The Kier molecular flexibility index (Phi) is 4.55. The lowest BCUT2D eigenvalue weighted by Gasteiger charge is -2.16. The number of nitrogens with two attached hydrogens (primary N) is 1. The lowest BCUT2D eigenvalue weighted by Crippen LogP contribution is -2.23. The maximum absolute atomic E-state index is 11.9. The van der Waals surface area contributed by atoms with Gasteiger partial charge in [0.1, 0.15) is 0 Å². The zero-order chi connectivity index (χ0) is 13.9. The number of anilines is 2. The molecular formula is C11H19N3O3S. The van der Waals surface area contributed by atoms with Crippen LogP contribution in [0.5, 0.6) is 0 Å². The summed E-state index contributed by atoms with van der Waals surface area (Å²) in [5.41, 5.74) is 6.73. The lowest BCUT2D eigenvalue weighted by molar-refractivity contribution is 0.281. The van der Waals surface area contributed by atoms with Crippen molar-refractivity contribution in [1.82, 2.24) is 4.31 Å². The van der Waals surface area contributed by atoms with E-state index in [-0.39, 0.29) is 17.5 Å². The molecule has 0 saturated carbocycles. The van der Waals surface area contributed by atoms with E-state index in [2.05, 4.69) is 5.32 Å². The van der Waals surface area contributed by atoms with Gasteiger partial charge in [-0.05, 0) is 25.1 Å². The molecule has 0 radical (unpaired) electrons. The zero-order valence-electron chi connectivity index (χ0n) is 10.7. The van der Waals surface area contributed by atoms with Crippen molar-refractivity contribution < 1.29 is 13.5 Å². The quantitative estimate of drug-likeness (QED) is 0.671. The molecule has 1 rings (SSSR count). The van der Waals surface area contributed by atoms with E-state index in [1.165, 1.54) is 26.2 Å². The molecule has 1 atom stereocenters. The molecular weight excluding hydrogens is 254 g/mol. The van der Waals surface area contributed by atoms with Crippen LogP contribution in [0.4, 0.5) is 11.4 Å². The monoisotopic (exact) mass is 273 g/mol. The Morgan fingerprint density at radius 3 is 2.50 bits per heavy atom. The van der Waals surface area contributed by atoms with Gasteiger partial charge in [0, 0.05) is 20.1 Å². The minimum Gasteiger partial charge on any atom is -0.397 e. The maximum atomic E-state index is 11.9. The summed E-state index contributed by atoms with van der Waals surface area (Å²) >= 11 is 0. The van der Waals surface area contributed by atoms with E-state index in [0.29, 0.717) is 11.4 Å². The third kappa shape index (κ3) is 3.12. The molecule has 0 saturated heterocycles. The van der Waals surface area contributed by atoms with Crippen LogP contribution in [0, 0.1) is 0 Å². The van der Waals surface area contributed by atoms with E-state index in [0.717, 1.165) is 4.31 Å². The largest absolute Gasteiger partial charge is 0.397 e. The highest BCUT2D eigenvalue weighted by atomic mass is 32.2. The van der Waals surface area contributed by atoms with Gasteiger partial charge in [-0.3, -0.25) is 0 Å². The average Bonchev–Trinajstić information content (AvgIpc) is 2.31. The highest BCUT2D eigenvalue weighted by Gasteiger charge is 2.18. The van der Waals surface area contributed by atoms with Crippen LogP contribution >= 0.6 is 0 Å². The Labute approximate surface area is 107 Å². The summed E-state index contributed by atoms with van der Waals surface area (Å²) in [6, 6.07) is 4.33. The summed E-state index contributed by atoms with van der Waals surface area (Å²) in [4.78, 5) is 0.146. The van der Waals surface area contributed by atoms with E-state index >= 15 is 0 Å². The van der Waals surface area contributed by atoms with Gasteiger partial charge in [0.2, 0.25) is 10.0 Å². The molecule has 1 unspecified atom stereocenters. The van der Waals surface area contributed by atoms with Gasteiger partial charge in [-0.25, -0.2) is 12.7 Å².